The van der Waals surface area contributed by atoms with Crippen LogP contribution in [0.1, 0.15) is 89.2 Å². The van der Waals surface area contributed by atoms with Crippen molar-refractivity contribution in [2.24, 2.45) is 10.3 Å². The first-order valence-corrected chi connectivity index (χ1v) is 13.0. The Labute approximate surface area is 208 Å². The highest BCUT2D eigenvalue weighted by molar-refractivity contribution is 6.43. The standard InChI is InChI=1S/C28H36N4O3/c1-2-3-4-5-6-7-8-12-18-25-20-27(30-35-25)26-21-28(22-14-13-17-24(19-22)32(33)34)31(29-26)23-15-10-9-11-16-23/h9-11,13-17,19,25,28H,2-8,12,18,20-21H2,1H3. The van der Waals surface area contributed by atoms with Gasteiger partial charge < -0.3 is 4.84 Å². The third-order valence-electron chi connectivity index (χ3n) is 6.84. The molecule has 0 N–H and O–H groups in total. The number of para-hydroxylation sites is 1. The van der Waals surface area contributed by atoms with E-state index in [2.05, 4.69) is 12.1 Å². The summed E-state index contributed by atoms with van der Waals surface area (Å²) in [6.07, 6.45) is 13.0. The monoisotopic (exact) mass is 476 g/mol. The molecule has 186 valence electrons. The lowest BCUT2D eigenvalue weighted by Gasteiger charge is -2.23. The Morgan fingerprint density at radius 2 is 1.69 bits per heavy atom. The van der Waals surface area contributed by atoms with E-state index in [1.54, 1.807) is 12.1 Å². The Balaban J connectivity index is 1.36. The molecular formula is C28H36N4O3. The maximum Gasteiger partial charge on any atom is 0.269 e. The van der Waals surface area contributed by atoms with Gasteiger partial charge in [0.25, 0.3) is 5.69 Å². The predicted molar refractivity (Wildman–Crippen MR) is 141 cm³/mol. The van der Waals surface area contributed by atoms with Gasteiger partial charge in [-0.15, -0.1) is 0 Å². The molecule has 2 heterocycles. The topological polar surface area (TPSA) is 80.3 Å². The summed E-state index contributed by atoms with van der Waals surface area (Å²) < 4.78 is 0. The van der Waals surface area contributed by atoms with Gasteiger partial charge >= 0.3 is 0 Å². The van der Waals surface area contributed by atoms with Crippen LogP contribution in [0.4, 0.5) is 11.4 Å². The number of unbranched alkanes of at least 4 members (excludes halogenated alkanes) is 7. The molecule has 7 nitrogen and oxygen atoms in total. The average molecular weight is 477 g/mol. The van der Waals surface area contributed by atoms with Crippen molar-refractivity contribution in [2.45, 2.75) is 89.7 Å². The zero-order valence-corrected chi connectivity index (χ0v) is 20.6. The van der Waals surface area contributed by atoms with E-state index in [1.165, 1.54) is 57.4 Å². The second-order valence-electron chi connectivity index (χ2n) is 9.53. The number of hydrazone groups is 1. The van der Waals surface area contributed by atoms with Crippen LogP contribution < -0.4 is 5.01 Å². The van der Waals surface area contributed by atoms with Gasteiger partial charge in [-0.05, 0) is 30.5 Å². The molecule has 7 heteroatoms. The molecule has 0 saturated heterocycles. The minimum atomic E-state index is -0.349. The summed E-state index contributed by atoms with van der Waals surface area (Å²) in [5.41, 5.74) is 3.73. The van der Waals surface area contributed by atoms with Crippen LogP contribution in [-0.2, 0) is 4.84 Å². The summed E-state index contributed by atoms with van der Waals surface area (Å²) in [5.74, 6) is 0. The Bertz CT molecular complexity index is 1040. The van der Waals surface area contributed by atoms with E-state index in [0.717, 1.165) is 35.5 Å². The van der Waals surface area contributed by atoms with Gasteiger partial charge in [0, 0.05) is 25.0 Å². The first kappa shape index (κ1) is 24.9. The number of nitro groups is 1. The maximum absolute atomic E-state index is 11.3. The quantitative estimate of drug-likeness (QED) is 0.169. The molecule has 2 aromatic carbocycles. The summed E-state index contributed by atoms with van der Waals surface area (Å²) >= 11 is 0. The molecule has 0 amide bonds. The zero-order valence-electron chi connectivity index (χ0n) is 20.6. The van der Waals surface area contributed by atoms with E-state index < -0.39 is 0 Å². The molecule has 2 atom stereocenters. The largest absolute Gasteiger partial charge is 0.392 e. The zero-order chi connectivity index (χ0) is 24.5. The fraction of sp³-hybridized carbons (Fsp3) is 0.500. The summed E-state index contributed by atoms with van der Waals surface area (Å²) in [7, 11) is 0. The molecule has 0 aromatic heterocycles. The molecule has 0 aliphatic carbocycles. The first-order chi connectivity index (χ1) is 17.2. The van der Waals surface area contributed by atoms with Gasteiger partial charge in [-0.25, -0.2) is 0 Å². The normalized spacial score (nSPS) is 19.4. The Hall–Kier alpha value is -3.22. The van der Waals surface area contributed by atoms with Gasteiger partial charge in [-0.2, -0.15) is 5.10 Å². The number of nitro benzene ring substituents is 1. The fourth-order valence-corrected chi connectivity index (χ4v) is 4.87. The van der Waals surface area contributed by atoms with Crippen molar-refractivity contribution in [3.63, 3.8) is 0 Å². The molecule has 2 unspecified atom stereocenters. The van der Waals surface area contributed by atoms with E-state index in [0.29, 0.717) is 6.42 Å². The highest BCUT2D eigenvalue weighted by atomic mass is 16.6. The van der Waals surface area contributed by atoms with E-state index in [9.17, 15) is 10.1 Å². The lowest BCUT2D eigenvalue weighted by atomic mass is 9.96. The number of rotatable bonds is 13. The minimum absolute atomic E-state index is 0.0935. The number of non-ortho nitro benzene ring substituents is 1. The van der Waals surface area contributed by atoms with Gasteiger partial charge in [-0.3, -0.25) is 15.1 Å². The Kier molecular flexibility index (Phi) is 8.87. The molecule has 2 aromatic rings. The smallest absolute Gasteiger partial charge is 0.269 e. The van der Waals surface area contributed by atoms with Crippen molar-refractivity contribution in [2.75, 3.05) is 5.01 Å². The Morgan fingerprint density at radius 1 is 0.943 bits per heavy atom. The maximum atomic E-state index is 11.3. The minimum Gasteiger partial charge on any atom is -0.392 e. The lowest BCUT2D eigenvalue weighted by molar-refractivity contribution is -0.384. The molecule has 4 rings (SSSR count). The number of anilines is 1. The van der Waals surface area contributed by atoms with Crippen LogP contribution in [0.3, 0.4) is 0 Å². The number of nitrogens with zero attached hydrogens (tertiary/aromatic N) is 4. The average Bonchev–Trinajstić information content (AvgIpc) is 3.54. The number of benzene rings is 2. The number of oxime groups is 1. The predicted octanol–water partition coefficient (Wildman–Crippen LogP) is 7.58. The van der Waals surface area contributed by atoms with E-state index in [-0.39, 0.29) is 22.8 Å². The molecular weight excluding hydrogens is 440 g/mol. The first-order valence-electron chi connectivity index (χ1n) is 13.0. The molecule has 0 fully saturated rings. The fourth-order valence-electron chi connectivity index (χ4n) is 4.87. The summed E-state index contributed by atoms with van der Waals surface area (Å²) in [6.45, 7) is 2.25. The second-order valence-corrected chi connectivity index (χ2v) is 9.53. The Morgan fingerprint density at radius 3 is 2.43 bits per heavy atom. The molecule has 35 heavy (non-hydrogen) atoms. The summed E-state index contributed by atoms with van der Waals surface area (Å²) in [5, 5.41) is 22.6. The van der Waals surface area contributed by atoms with Crippen LogP contribution in [0.15, 0.2) is 64.9 Å². The van der Waals surface area contributed by atoms with E-state index >= 15 is 0 Å². The second kappa shape index (κ2) is 12.5. The highest BCUT2D eigenvalue weighted by Gasteiger charge is 2.35. The van der Waals surface area contributed by atoms with Gasteiger partial charge in [0.15, 0.2) is 0 Å². The molecule has 0 saturated carbocycles. The van der Waals surface area contributed by atoms with Crippen molar-refractivity contribution in [3.05, 3.63) is 70.3 Å². The van der Waals surface area contributed by atoms with Gasteiger partial charge in [-0.1, -0.05) is 87.4 Å². The van der Waals surface area contributed by atoms with Crippen LogP contribution in [0, 0.1) is 10.1 Å². The van der Waals surface area contributed by atoms with Crippen molar-refractivity contribution >= 4 is 22.8 Å². The SMILES string of the molecule is CCCCCCCCCCC1CC(C2=NN(c3ccccc3)C(c3cccc([N+](=O)[O-])c3)C2)=NO1. The van der Waals surface area contributed by atoms with Crippen LogP contribution in [0.25, 0.3) is 0 Å². The van der Waals surface area contributed by atoms with Crippen LogP contribution in [0.2, 0.25) is 0 Å². The van der Waals surface area contributed by atoms with Crippen molar-refractivity contribution in [1.29, 1.82) is 0 Å². The molecule has 0 spiro atoms. The lowest BCUT2D eigenvalue weighted by Crippen LogP contribution is -2.18. The van der Waals surface area contributed by atoms with Gasteiger partial charge in [0.05, 0.1) is 22.4 Å². The summed E-state index contributed by atoms with van der Waals surface area (Å²) in [6, 6.07) is 16.7. The molecule has 0 bridgehead atoms. The molecule has 2 aliphatic rings. The van der Waals surface area contributed by atoms with E-state index in [4.69, 9.17) is 9.94 Å². The number of hydrogen-bond donors (Lipinski definition) is 0. The van der Waals surface area contributed by atoms with Crippen molar-refractivity contribution < 1.29 is 9.76 Å². The number of hydrogen-bond acceptors (Lipinski definition) is 6. The van der Waals surface area contributed by atoms with Crippen LogP contribution in [0.5, 0.6) is 0 Å². The van der Waals surface area contributed by atoms with Gasteiger partial charge in [0.2, 0.25) is 0 Å². The van der Waals surface area contributed by atoms with Crippen molar-refractivity contribution in [3.8, 4) is 0 Å². The highest BCUT2D eigenvalue weighted by Crippen LogP contribution is 2.37. The third kappa shape index (κ3) is 6.68. The van der Waals surface area contributed by atoms with E-state index in [1.807, 2.05) is 41.4 Å². The summed E-state index contributed by atoms with van der Waals surface area (Å²) in [4.78, 5) is 16.8. The molecule has 0 radical (unpaired) electrons. The van der Waals surface area contributed by atoms with Crippen LogP contribution in [-0.4, -0.2) is 22.5 Å². The molecule has 2 aliphatic heterocycles. The van der Waals surface area contributed by atoms with Crippen molar-refractivity contribution in [1.82, 2.24) is 0 Å². The van der Waals surface area contributed by atoms with Crippen LogP contribution >= 0.6 is 0 Å². The third-order valence-corrected chi connectivity index (χ3v) is 6.84. The van der Waals surface area contributed by atoms with Gasteiger partial charge in [0.1, 0.15) is 11.8 Å².